The summed E-state index contributed by atoms with van der Waals surface area (Å²) in [7, 11) is 0. The molecule has 0 fully saturated rings. The topological polar surface area (TPSA) is 117 Å². The Hall–Kier alpha value is -3.40. The first-order chi connectivity index (χ1) is 14.0. The van der Waals surface area contributed by atoms with E-state index in [9.17, 15) is 0 Å². The summed E-state index contributed by atoms with van der Waals surface area (Å²) in [5.74, 6) is 0.834. The van der Waals surface area contributed by atoms with Gasteiger partial charge in [0.15, 0.2) is 6.04 Å². The molecule has 1 aromatic heterocycles. The standard InChI is InChI=1S/C19H16BrN3O2.NO3/c20-15-7-5-14(6-8-15)11-25-22-19-16-3-1-2-4-18(16)24-12-17(19)23-10-9-21-13-23;2-1(3)4/h1-10,13,17H,11-12H2;/q;-1/p+1/b22-19+;. The summed E-state index contributed by atoms with van der Waals surface area (Å²) >= 11 is 3.44. The second kappa shape index (κ2) is 9.69. The van der Waals surface area contributed by atoms with Crippen molar-refractivity contribution in [1.29, 1.82) is 0 Å². The van der Waals surface area contributed by atoms with Crippen LogP contribution in [0.5, 0.6) is 5.75 Å². The van der Waals surface area contributed by atoms with Crippen LogP contribution in [0.15, 0.2) is 76.9 Å². The molecule has 0 aliphatic carbocycles. The van der Waals surface area contributed by atoms with Crippen LogP contribution in [0.4, 0.5) is 0 Å². The smallest absolute Gasteiger partial charge is 0.242 e. The third kappa shape index (κ3) is 5.55. The van der Waals surface area contributed by atoms with Gasteiger partial charge in [0.05, 0.1) is 5.09 Å². The van der Waals surface area contributed by atoms with E-state index >= 15 is 0 Å². The van der Waals surface area contributed by atoms with Crippen LogP contribution in [0.1, 0.15) is 17.2 Å². The van der Waals surface area contributed by atoms with E-state index in [4.69, 9.17) is 24.9 Å². The average molecular weight is 461 g/mol. The Morgan fingerprint density at radius 2 is 1.97 bits per heavy atom. The molecule has 4 rings (SSSR count). The van der Waals surface area contributed by atoms with Crippen LogP contribution in [0, 0.1) is 15.3 Å². The van der Waals surface area contributed by atoms with E-state index < -0.39 is 5.09 Å². The third-order valence-electron chi connectivity index (χ3n) is 4.11. The molecular weight excluding hydrogens is 444 g/mol. The molecule has 1 aliphatic rings. The molecule has 2 aromatic carbocycles. The molecule has 0 amide bonds. The number of oxime groups is 1. The van der Waals surface area contributed by atoms with E-state index in [1.54, 1.807) is 0 Å². The molecule has 9 nitrogen and oxygen atoms in total. The number of nitrogens with one attached hydrogen (secondary N) is 1. The molecule has 0 bridgehead atoms. The van der Waals surface area contributed by atoms with Crippen molar-refractivity contribution < 1.29 is 19.2 Å². The van der Waals surface area contributed by atoms with Gasteiger partial charge in [-0.25, -0.2) is 4.57 Å². The van der Waals surface area contributed by atoms with Gasteiger partial charge < -0.3 is 24.9 Å². The molecule has 2 heterocycles. The van der Waals surface area contributed by atoms with Gasteiger partial charge in [0, 0.05) is 10.0 Å². The first-order valence-corrected chi connectivity index (χ1v) is 9.35. The Kier molecular flexibility index (Phi) is 6.80. The number of H-pyrrole nitrogens is 1. The number of aromatic nitrogens is 2. The number of nitrogens with zero attached hydrogens (tertiary/aromatic N) is 3. The number of para-hydroxylation sites is 1. The van der Waals surface area contributed by atoms with E-state index in [1.165, 1.54) is 0 Å². The van der Waals surface area contributed by atoms with E-state index in [-0.39, 0.29) is 6.04 Å². The van der Waals surface area contributed by atoms with Crippen molar-refractivity contribution in [1.82, 2.24) is 4.98 Å². The van der Waals surface area contributed by atoms with Gasteiger partial charge in [0.2, 0.25) is 6.33 Å². The Bertz CT molecular complexity index is 973. The first kappa shape index (κ1) is 20.3. The molecule has 1 N–H and O–H groups in total. The maximum atomic E-state index is 8.25. The largest absolute Gasteiger partial charge is 0.488 e. The van der Waals surface area contributed by atoms with Crippen molar-refractivity contribution in [3.8, 4) is 5.75 Å². The lowest BCUT2D eigenvalue weighted by atomic mass is 10.00. The van der Waals surface area contributed by atoms with Crippen LogP contribution in [-0.2, 0) is 11.4 Å². The minimum absolute atomic E-state index is 0.0360. The summed E-state index contributed by atoms with van der Waals surface area (Å²) in [5.41, 5.74) is 2.89. The minimum Gasteiger partial charge on any atom is -0.488 e. The summed E-state index contributed by atoms with van der Waals surface area (Å²) < 4.78 is 8.98. The molecule has 3 aromatic rings. The minimum atomic E-state index is -1.75. The van der Waals surface area contributed by atoms with E-state index in [1.807, 2.05) is 71.8 Å². The fourth-order valence-electron chi connectivity index (χ4n) is 2.82. The van der Waals surface area contributed by atoms with Crippen LogP contribution in [0.25, 0.3) is 0 Å². The number of ether oxygens (including phenoxy) is 1. The highest BCUT2D eigenvalue weighted by Gasteiger charge is 2.32. The molecule has 0 saturated carbocycles. The predicted molar refractivity (Wildman–Crippen MR) is 108 cm³/mol. The summed E-state index contributed by atoms with van der Waals surface area (Å²) in [6.45, 7) is 0.935. The zero-order valence-electron chi connectivity index (χ0n) is 15.1. The summed E-state index contributed by atoms with van der Waals surface area (Å²) in [6.07, 6.45) is 5.74. The van der Waals surface area contributed by atoms with Crippen molar-refractivity contribution in [2.24, 2.45) is 5.16 Å². The van der Waals surface area contributed by atoms with Crippen molar-refractivity contribution in [2.45, 2.75) is 12.6 Å². The highest BCUT2D eigenvalue weighted by molar-refractivity contribution is 9.10. The Labute approximate surface area is 174 Å². The highest BCUT2D eigenvalue weighted by atomic mass is 79.9. The van der Waals surface area contributed by atoms with E-state index in [2.05, 4.69) is 26.1 Å². The third-order valence-corrected chi connectivity index (χ3v) is 4.64. The highest BCUT2D eigenvalue weighted by Crippen LogP contribution is 2.28. The van der Waals surface area contributed by atoms with Gasteiger partial charge in [-0.3, -0.25) is 4.98 Å². The molecule has 10 heteroatoms. The molecular formula is C19H17BrN4O5. The number of hydrogen-bond donors (Lipinski definition) is 1. The zero-order chi connectivity index (χ0) is 20.6. The van der Waals surface area contributed by atoms with Crippen LogP contribution in [0.2, 0.25) is 0 Å². The number of aromatic amines is 1. The Balaban J connectivity index is 0.000000552. The quantitative estimate of drug-likeness (QED) is 0.363. The lowest BCUT2D eigenvalue weighted by Crippen LogP contribution is -2.48. The van der Waals surface area contributed by atoms with Crippen LogP contribution < -0.4 is 9.30 Å². The molecule has 1 aliphatic heterocycles. The number of halogens is 1. The number of imidazole rings is 1. The molecule has 1 unspecified atom stereocenters. The monoisotopic (exact) mass is 460 g/mol. The van der Waals surface area contributed by atoms with Crippen molar-refractivity contribution in [2.75, 3.05) is 6.61 Å². The predicted octanol–water partition coefficient (Wildman–Crippen LogP) is 3.38. The zero-order valence-corrected chi connectivity index (χ0v) is 16.7. The number of rotatable bonds is 4. The normalized spacial score (nSPS) is 16.2. The summed E-state index contributed by atoms with van der Waals surface area (Å²) in [4.78, 5) is 17.0. The molecule has 29 heavy (non-hydrogen) atoms. The molecule has 0 spiro atoms. The van der Waals surface area contributed by atoms with Gasteiger partial charge in [-0.1, -0.05) is 45.4 Å². The van der Waals surface area contributed by atoms with Crippen molar-refractivity contribution in [3.05, 3.63) is 98.2 Å². The SMILES string of the molecule is Brc1ccc(CO/N=C2\c3ccccc3OCC2[n+]2cc[nH]c2)cc1.O=[N+]([O-])[O-]. The Morgan fingerprint density at radius 1 is 1.24 bits per heavy atom. The lowest BCUT2D eigenvalue weighted by Gasteiger charge is -2.24. The van der Waals surface area contributed by atoms with E-state index in [0.717, 1.165) is 27.1 Å². The second-order valence-electron chi connectivity index (χ2n) is 5.98. The maximum Gasteiger partial charge on any atom is 0.242 e. The van der Waals surface area contributed by atoms with Gasteiger partial charge in [-0.05, 0) is 29.8 Å². The van der Waals surface area contributed by atoms with Gasteiger partial charge in [0.25, 0.3) is 0 Å². The van der Waals surface area contributed by atoms with Gasteiger partial charge in [-0.15, -0.1) is 0 Å². The van der Waals surface area contributed by atoms with Crippen LogP contribution in [0.3, 0.4) is 0 Å². The van der Waals surface area contributed by atoms with Crippen LogP contribution in [-0.4, -0.2) is 22.4 Å². The van der Waals surface area contributed by atoms with Gasteiger partial charge in [-0.2, -0.15) is 0 Å². The molecule has 0 saturated heterocycles. The second-order valence-corrected chi connectivity index (χ2v) is 6.90. The lowest BCUT2D eigenvalue weighted by molar-refractivity contribution is -0.706. The van der Waals surface area contributed by atoms with Gasteiger partial charge >= 0.3 is 0 Å². The van der Waals surface area contributed by atoms with Crippen molar-refractivity contribution in [3.63, 3.8) is 0 Å². The average Bonchev–Trinajstić information content (AvgIpc) is 3.24. The number of hydrogen-bond acceptors (Lipinski definition) is 6. The molecule has 0 radical (unpaired) electrons. The fourth-order valence-corrected chi connectivity index (χ4v) is 3.08. The van der Waals surface area contributed by atoms with Crippen molar-refractivity contribution >= 4 is 21.6 Å². The van der Waals surface area contributed by atoms with E-state index in [0.29, 0.717) is 13.2 Å². The number of benzene rings is 2. The maximum absolute atomic E-state index is 8.25. The Morgan fingerprint density at radius 3 is 2.66 bits per heavy atom. The van der Waals surface area contributed by atoms with Crippen LogP contribution >= 0.6 is 15.9 Å². The fraction of sp³-hybridized carbons (Fsp3) is 0.158. The van der Waals surface area contributed by atoms with Gasteiger partial charge in [0.1, 0.15) is 37.1 Å². The molecule has 150 valence electrons. The first-order valence-electron chi connectivity index (χ1n) is 8.56. The summed E-state index contributed by atoms with van der Waals surface area (Å²) in [5, 5.41) is 19.2. The number of fused-ring (bicyclic) bond motifs is 1. The molecule has 1 atom stereocenters. The summed E-state index contributed by atoms with van der Waals surface area (Å²) in [6, 6.07) is 15.9.